The van der Waals surface area contributed by atoms with Gasteiger partial charge < -0.3 is 19.2 Å². The first-order valence-electron chi connectivity index (χ1n) is 6.17. The second-order valence-corrected chi connectivity index (χ2v) is 6.17. The number of hydrogen-bond acceptors (Lipinski definition) is 3. The van der Waals surface area contributed by atoms with Crippen molar-refractivity contribution in [2.45, 2.75) is 6.54 Å². The SMILES string of the molecule is COCCN(C)CCn1c(=S)[nH]c2cc(I)ccc21. The van der Waals surface area contributed by atoms with Crippen LogP contribution in [0.1, 0.15) is 0 Å². The number of H-pyrrole nitrogens is 1. The molecule has 2 rings (SSSR count). The van der Waals surface area contributed by atoms with Crippen LogP contribution < -0.4 is 0 Å². The standard InChI is InChI=1S/C13H18IN3OS/c1-16(7-8-18-2)5-6-17-12-4-3-10(14)9-11(12)15-13(17)19/h3-4,9H,5-8H2,1-2H3,(H,15,19). The number of methoxy groups -OCH3 is 1. The first-order chi connectivity index (χ1) is 9.11. The van der Waals surface area contributed by atoms with Gasteiger partial charge in [0, 0.05) is 30.3 Å². The van der Waals surface area contributed by atoms with Gasteiger partial charge >= 0.3 is 0 Å². The number of rotatable bonds is 6. The zero-order valence-electron chi connectivity index (χ0n) is 11.1. The van der Waals surface area contributed by atoms with Crippen LogP contribution in [0.2, 0.25) is 0 Å². The highest BCUT2D eigenvalue weighted by molar-refractivity contribution is 14.1. The Bertz CT molecular complexity index is 607. The zero-order valence-corrected chi connectivity index (χ0v) is 14.1. The number of nitrogens with one attached hydrogen (secondary N) is 1. The minimum absolute atomic E-state index is 0.758. The molecule has 4 nitrogen and oxygen atoms in total. The highest BCUT2D eigenvalue weighted by Crippen LogP contribution is 2.17. The predicted octanol–water partition coefficient (Wildman–Crippen LogP) is 2.88. The Balaban J connectivity index is 2.12. The van der Waals surface area contributed by atoms with Crippen molar-refractivity contribution in [1.82, 2.24) is 14.5 Å². The molecule has 0 unspecified atom stereocenters. The van der Waals surface area contributed by atoms with Gasteiger partial charge in [-0.1, -0.05) is 0 Å². The lowest BCUT2D eigenvalue weighted by Crippen LogP contribution is -2.26. The highest BCUT2D eigenvalue weighted by atomic mass is 127. The van der Waals surface area contributed by atoms with Crippen LogP contribution in [0, 0.1) is 8.34 Å². The van der Waals surface area contributed by atoms with E-state index in [-0.39, 0.29) is 0 Å². The smallest absolute Gasteiger partial charge is 0.178 e. The van der Waals surface area contributed by atoms with E-state index < -0.39 is 0 Å². The molecule has 1 aromatic carbocycles. The summed E-state index contributed by atoms with van der Waals surface area (Å²) in [6.07, 6.45) is 0. The summed E-state index contributed by atoms with van der Waals surface area (Å²) in [5.41, 5.74) is 2.28. The number of benzene rings is 1. The summed E-state index contributed by atoms with van der Waals surface area (Å²) >= 11 is 7.71. The van der Waals surface area contributed by atoms with Crippen molar-refractivity contribution in [3.05, 3.63) is 26.5 Å². The molecule has 0 radical (unpaired) electrons. The van der Waals surface area contributed by atoms with E-state index in [4.69, 9.17) is 17.0 Å². The topological polar surface area (TPSA) is 33.2 Å². The van der Waals surface area contributed by atoms with Gasteiger partial charge in [-0.25, -0.2) is 0 Å². The maximum Gasteiger partial charge on any atom is 0.178 e. The number of aromatic amines is 1. The fraction of sp³-hybridized carbons (Fsp3) is 0.462. The molecule has 0 atom stereocenters. The third-order valence-corrected chi connectivity index (χ3v) is 4.11. The lowest BCUT2D eigenvalue weighted by Gasteiger charge is -2.16. The first kappa shape index (κ1) is 15.0. The third kappa shape index (κ3) is 3.77. The minimum atomic E-state index is 0.758. The van der Waals surface area contributed by atoms with E-state index in [0.29, 0.717) is 0 Å². The maximum atomic E-state index is 5.40. The molecule has 2 aromatic rings. The normalized spacial score (nSPS) is 11.6. The van der Waals surface area contributed by atoms with Gasteiger partial charge in [0.1, 0.15) is 0 Å². The van der Waals surface area contributed by atoms with Crippen molar-refractivity contribution in [3.63, 3.8) is 0 Å². The number of imidazole rings is 1. The molecule has 0 fully saturated rings. The van der Waals surface area contributed by atoms with Gasteiger partial charge in [0.25, 0.3) is 0 Å². The Morgan fingerprint density at radius 1 is 1.42 bits per heavy atom. The molecule has 0 aliphatic carbocycles. The molecule has 0 saturated carbocycles. The Labute approximate surface area is 131 Å². The van der Waals surface area contributed by atoms with Crippen LogP contribution in [-0.2, 0) is 11.3 Å². The van der Waals surface area contributed by atoms with Gasteiger partial charge in [-0.05, 0) is 60.1 Å². The van der Waals surface area contributed by atoms with Gasteiger partial charge in [-0.2, -0.15) is 0 Å². The fourth-order valence-corrected chi connectivity index (χ4v) is 2.78. The fourth-order valence-electron chi connectivity index (χ4n) is 1.99. The molecule has 19 heavy (non-hydrogen) atoms. The van der Waals surface area contributed by atoms with Gasteiger partial charge in [0.2, 0.25) is 0 Å². The van der Waals surface area contributed by atoms with E-state index in [0.717, 1.165) is 36.5 Å². The van der Waals surface area contributed by atoms with Crippen molar-refractivity contribution >= 4 is 45.8 Å². The van der Waals surface area contributed by atoms with Crippen LogP contribution in [0.4, 0.5) is 0 Å². The van der Waals surface area contributed by atoms with E-state index in [9.17, 15) is 0 Å². The number of likely N-dealkylation sites (N-methyl/N-ethyl adjacent to an activating group) is 1. The lowest BCUT2D eigenvalue weighted by molar-refractivity contribution is 0.159. The summed E-state index contributed by atoms with van der Waals surface area (Å²) in [5.74, 6) is 0. The second kappa shape index (κ2) is 6.83. The van der Waals surface area contributed by atoms with Crippen molar-refractivity contribution < 1.29 is 4.74 Å². The van der Waals surface area contributed by atoms with Crippen molar-refractivity contribution in [2.24, 2.45) is 0 Å². The summed E-state index contributed by atoms with van der Waals surface area (Å²) in [5, 5.41) is 0. The quantitative estimate of drug-likeness (QED) is 0.608. The highest BCUT2D eigenvalue weighted by Gasteiger charge is 2.06. The van der Waals surface area contributed by atoms with Crippen LogP contribution in [0.15, 0.2) is 18.2 Å². The maximum absolute atomic E-state index is 5.40. The molecule has 0 saturated heterocycles. The van der Waals surface area contributed by atoms with E-state index >= 15 is 0 Å². The molecular formula is C13H18IN3OS. The van der Waals surface area contributed by atoms with Gasteiger partial charge in [-0.3, -0.25) is 0 Å². The number of nitrogens with zero attached hydrogens (tertiary/aromatic N) is 2. The molecule has 1 heterocycles. The Hall–Kier alpha value is -0.440. The number of ether oxygens (including phenoxy) is 1. The summed E-state index contributed by atoms with van der Waals surface area (Å²) in [6, 6.07) is 6.35. The Morgan fingerprint density at radius 3 is 2.95 bits per heavy atom. The van der Waals surface area contributed by atoms with Crippen molar-refractivity contribution in [1.29, 1.82) is 0 Å². The third-order valence-electron chi connectivity index (χ3n) is 3.12. The number of hydrogen-bond donors (Lipinski definition) is 1. The summed E-state index contributed by atoms with van der Waals surface area (Å²) in [4.78, 5) is 5.51. The minimum Gasteiger partial charge on any atom is -0.383 e. The predicted molar refractivity (Wildman–Crippen MR) is 89.2 cm³/mol. The van der Waals surface area contributed by atoms with E-state index in [2.05, 4.69) is 62.3 Å². The van der Waals surface area contributed by atoms with E-state index in [1.165, 1.54) is 9.09 Å². The van der Waals surface area contributed by atoms with Crippen LogP contribution in [0.5, 0.6) is 0 Å². The Morgan fingerprint density at radius 2 is 2.21 bits per heavy atom. The molecule has 1 N–H and O–H groups in total. The second-order valence-electron chi connectivity index (χ2n) is 4.54. The number of aromatic nitrogens is 2. The monoisotopic (exact) mass is 391 g/mol. The molecule has 104 valence electrons. The molecule has 0 amide bonds. The number of halogens is 1. The van der Waals surface area contributed by atoms with Gasteiger partial charge in [0.15, 0.2) is 4.77 Å². The molecule has 0 bridgehead atoms. The molecule has 0 aliphatic heterocycles. The summed E-state index contributed by atoms with van der Waals surface area (Å²) < 4.78 is 9.24. The lowest BCUT2D eigenvalue weighted by atomic mass is 10.3. The largest absolute Gasteiger partial charge is 0.383 e. The number of fused-ring (bicyclic) bond motifs is 1. The van der Waals surface area contributed by atoms with Crippen LogP contribution in [0.3, 0.4) is 0 Å². The Kier molecular flexibility index (Phi) is 5.37. The van der Waals surface area contributed by atoms with E-state index in [1.54, 1.807) is 7.11 Å². The first-order valence-corrected chi connectivity index (χ1v) is 7.66. The average Bonchev–Trinajstić information content (AvgIpc) is 2.68. The molecule has 0 spiro atoms. The molecule has 1 aromatic heterocycles. The van der Waals surface area contributed by atoms with Gasteiger partial charge in [0.05, 0.1) is 17.6 Å². The summed E-state index contributed by atoms with van der Waals surface area (Å²) in [6.45, 7) is 3.54. The van der Waals surface area contributed by atoms with Gasteiger partial charge in [-0.15, -0.1) is 0 Å². The average molecular weight is 391 g/mol. The molecular weight excluding hydrogens is 373 g/mol. The summed E-state index contributed by atoms with van der Waals surface area (Å²) in [7, 11) is 3.83. The molecule has 0 aliphatic rings. The zero-order chi connectivity index (χ0) is 13.8. The van der Waals surface area contributed by atoms with Crippen molar-refractivity contribution in [2.75, 3.05) is 33.9 Å². The van der Waals surface area contributed by atoms with E-state index in [1.807, 2.05) is 0 Å². The molecule has 6 heteroatoms. The van der Waals surface area contributed by atoms with Crippen LogP contribution in [0.25, 0.3) is 11.0 Å². The van der Waals surface area contributed by atoms with Crippen molar-refractivity contribution in [3.8, 4) is 0 Å². The van der Waals surface area contributed by atoms with Crippen LogP contribution >= 0.6 is 34.8 Å². The van der Waals surface area contributed by atoms with Crippen LogP contribution in [-0.4, -0.2) is 48.3 Å².